The molecule has 0 aromatic heterocycles. The van der Waals surface area contributed by atoms with E-state index in [0.717, 1.165) is 38.6 Å². The van der Waals surface area contributed by atoms with Crippen molar-refractivity contribution >= 4 is 11.5 Å². The maximum absolute atomic E-state index is 11.2. The van der Waals surface area contributed by atoms with Gasteiger partial charge in [0.1, 0.15) is 5.78 Å². The van der Waals surface area contributed by atoms with Crippen molar-refractivity contribution in [3.63, 3.8) is 0 Å². The van der Waals surface area contributed by atoms with Gasteiger partial charge in [-0.3, -0.25) is 4.79 Å². The van der Waals surface area contributed by atoms with Gasteiger partial charge in [-0.25, -0.2) is 0 Å². The Morgan fingerprint density at radius 1 is 1.28 bits per heavy atom. The first-order valence-electron chi connectivity index (χ1n) is 7.04. The minimum atomic E-state index is 0.441. The van der Waals surface area contributed by atoms with Gasteiger partial charge >= 0.3 is 0 Å². The van der Waals surface area contributed by atoms with Gasteiger partial charge < -0.3 is 5.32 Å². The molecule has 0 atom stereocenters. The highest BCUT2D eigenvalue weighted by atomic mass is 16.1. The van der Waals surface area contributed by atoms with Crippen LogP contribution in [0.1, 0.15) is 43.7 Å². The van der Waals surface area contributed by atoms with Crippen LogP contribution in [0.3, 0.4) is 0 Å². The van der Waals surface area contributed by atoms with Gasteiger partial charge in [-0.1, -0.05) is 25.1 Å². The van der Waals surface area contributed by atoms with Crippen LogP contribution in [-0.4, -0.2) is 12.3 Å². The lowest BCUT2D eigenvalue weighted by Crippen LogP contribution is -2.21. The van der Waals surface area contributed by atoms with Gasteiger partial charge in [-0.05, 0) is 43.2 Å². The zero-order valence-electron chi connectivity index (χ0n) is 11.5. The second-order valence-corrected chi connectivity index (χ2v) is 5.33. The Balaban J connectivity index is 1.95. The quantitative estimate of drug-likeness (QED) is 0.875. The van der Waals surface area contributed by atoms with Gasteiger partial charge in [0.15, 0.2) is 0 Å². The summed E-state index contributed by atoms with van der Waals surface area (Å²) in [6, 6.07) is 6.48. The van der Waals surface area contributed by atoms with Crippen molar-refractivity contribution in [1.29, 1.82) is 0 Å². The third-order valence-electron chi connectivity index (χ3n) is 3.97. The molecule has 1 saturated carbocycles. The number of ketones is 1. The molecule has 0 spiro atoms. The van der Waals surface area contributed by atoms with Crippen molar-refractivity contribution in [2.45, 2.75) is 46.0 Å². The fraction of sp³-hybridized carbons (Fsp3) is 0.562. The third kappa shape index (κ3) is 3.12. The summed E-state index contributed by atoms with van der Waals surface area (Å²) in [5.74, 6) is 1.10. The molecule has 2 rings (SSSR count). The molecule has 1 N–H and O–H groups in total. The molecule has 1 aliphatic rings. The summed E-state index contributed by atoms with van der Waals surface area (Å²) in [6.07, 6.45) is 4.73. The molecule has 0 radical (unpaired) electrons. The number of carbonyl (C=O) groups excluding carboxylic acids is 1. The van der Waals surface area contributed by atoms with E-state index in [0.29, 0.717) is 11.7 Å². The van der Waals surface area contributed by atoms with Crippen molar-refractivity contribution < 1.29 is 4.79 Å². The Hall–Kier alpha value is -1.31. The van der Waals surface area contributed by atoms with Gasteiger partial charge in [0, 0.05) is 25.1 Å². The topological polar surface area (TPSA) is 29.1 Å². The van der Waals surface area contributed by atoms with Crippen molar-refractivity contribution in [3.8, 4) is 0 Å². The fourth-order valence-electron chi connectivity index (χ4n) is 2.73. The number of hydrogen-bond acceptors (Lipinski definition) is 2. The van der Waals surface area contributed by atoms with E-state index in [1.165, 1.54) is 16.8 Å². The van der Waals surface area contributed by atoms with Crippen LogP contribution in [0.25, 0.3) is 0 Å². The number of anilines is 1. The molecule has 1 fully saturated rings. The molecule has 18 heavy (non-hydrogen) atoms. The summed E-state index contributed by atoms with van der Waals surface area (Å²) < 4.78 is 0. The smallest absolute Gasteiger partial charge is 0.132 e. The van der Waals surface area contributed by atoms with Gasteiger partial charge in [0.05, 0.1) is 0 Å². The maximum atomic E-state index is 11.2. The van der Waals surface area contributed by atoms with E-state index < -0.39 is 0 Å². The molecule has 1 aliphatic carbocycles. The first-order chi connectivity index (χ1) is 8.70. The van der Waals surface area contributed by atoms with Crippen LogP contribution in [0.5, 0.6) is 0 Å². The molecule has 0 amide bonds. The summed E-state index contributed by atoms with van der Waals surface area (Å²) in [4.78, 5) is 11.2. The monoisotopic (exact) mass is 245 g/mol. The molecule has 98 valence electrons. The second kappa shape index (κ2) is 6.03. The lowest BCUT2D eigenvalue weighted by atomic mass is 9.88. The zero-order chi connectivity index (χ0) is 13.0. The van der Waals surface area contributed by atoms with E-state index in [1.807, 2.05) is 0 Å². The van der Waals surface area contributed by atoms with Crippen LogP contribution in [0, 0.1) is 12.8 Å². The molecular formula is C16H23NO. The molecule has 0 saturated heterocycles. The molecule has 0 bridgehead atoms. The molecule has 0 unspecified atom stereocenters. The summed E-state index contributed by atoms with van der Waals surface area (Å²) >= 11 is 0. The summed E-state index contributed by atoms with van der Waals surface area (Å²) in [5, 5.41) is 3.61. The number of Topliss-reactive ketones (excluding diaryl/α,β-unsaturated/α-hetero) is 1. The Bertz CT molecular complexity index is 415. The van der Waals surface area contributed by atoms with E-state index in [1.54, 1.807) is 0 Å². The number of benzene rings is 1. The fourth-order valence-corrected chi connectivity index (χ4v) is 2.73. The standard InChI is InChI=1S/C16H23NO/c1-3-14-6-4-5-12(2)16(14)17-11-13-7-9-15(18)10-8-13/h4-6,13,17H,3,7-11H2,1-2H3. The Morgan fingerprint density at radius 2 is 2.00 bits per heavy atom. The normalized spacial score (nSPS) is 16.9. The van der Waals surface area contributed by atoms with Crippen molar-refractivity contribution in [2.75, 3.05) is 11.9 Å². The summed E-state index contributed by atoms with van der Waals surface area (Å²) in [6.45, 7) is 5.36. The van der Waals surface area contributed by atoms with Crippen LogP contribution >= 0.6 is 0 Å². The predicted octanol–water partition coefficient (Wildman–Crippen LogP) is 3.73. The van der Waals surface area contributed by atoms with E-state index in [9.17, 15) is 4.79 Å². The van der Waals surface area contributed by atoms with Crippen LogP contribution in [0.4, 0.5) is 5.69 Å². The molecule has 0 heterocycles. The highest BCUT2D eigenvalue weighted by molar-refractivity contribution is 5.79. The number of nitrogens with one attached hydrogen (secondary N) is 1. The van der Waals surface area contributed by atoms with Crippen LogP contribution in [-0.2, 0) is 11.2 Å². The number of rotatable bonds is 4. The summed E-state index contributed by atoms with van der Waals surface area (Å²) in [5.41, 5.74) is 4.01. The van der Waals surface area contributed by atoms with Crippen molar-refractivity contribution in [2.24, 2.45) is 5.92 Å². The number of hydrogen-bond donors (Lipinski definition) is 1. The van der Waals surface area contributed by atoms with E-state index in [-0.39, 0.29) is 0 Å². The first kappa shape index (κ1) is 13.1. The lowest BCUT2D eigenvalue weighted by Gasteiger charge is -2.23. The SMILES string of the molecule is CCc1cccc(C)c1NCC1CCC(=O)CC1. The highest BCUT2D eigenvalue weighted by Crippen LogP contribution is 2.25. The van der Waals surface area contributed by atoms with E-state index in [4.69, 9.17) is 0 Å². The lowest BCUT2D eigenvalue weighted by molar-refractivity contribution is -0.120. The van der Waals surface area contributed by atoms with Crippen molar-refractivity contribution in [1.82, 2.24) is 0 Å². The van der Waals surface area contributed by atoms with Crippen LogP contribution < -0.4 is 5.32 Å². The average molecular weight is 245 g/mol. The molecule has 2 nitrogen and oxygen atoms in total. The minimum Gasteiger partial charge on any atom is -0.384 e. The van der Waals surface area contributed by atoms with Crippen molar-refractivity contribution in [3.05, 3.63) is 29.3 Å². The maximum Gasteiger partial charge on any atom is 0.132 e. The summed E-state index contributed by atoms with van der Waals surface area (Å²) in [7, 11) is 0. The molecule has 0 aliphatic heterocycles. The van der Waals surface area contributed by atoms with Gasteiger partial charge in [-0.2, -0.15) is 0 Å². The third-order valence-corrected chi connectivity index (χ3v) is 3.97. The molecular weight excluding hydrogens is 222 g/mol. The first-order valence-corrected chi connectivity index (χ1v) is 7.04. The number of para-hydroxylation sites is 1. The van der Waals surface area contributed by atoms with Gasteiger partial charge in [-0.15, -0.1) is 0 Å². The Labute approximate surface area is 110 Å². The van der Waals surface area contributed by atoms with Gasteiger partial charge in [0.25, 0.3) is 0 Å². The van der Waals surface area contributed by atoms with E-state index >= 15 is 0 Å². The van der Waals surface area contributed by atoms with E-state index in [2.05, 4.69) is 37.4 Å². The zero-order valence-corrected chi connectivity index (χ0v) is 11.5. The van der Waals surface area contributed by atoms with Gasteiger partial charge in [0.2, 0.25) is 0 Å². The molecule has 2 heteroatoms. The van der Waals surface area contributed by atoms with Crippen LogP contribution in [0.15, 0.2) is 18.2 Å². The Morgan fingerprint density at radius 3 is 2.67 bits per heavy atom. The molecule has 1 aromatic carbocycles. The average Bonchev–Trinajstić information content (AvgIpc) is 2.39. The molecule has 1 aromatic rings. The minimum absolute atomic E-state index is 0.441. The number of carbonyl (C=O) groups is 1. The Kier molecular flexibility index (Phi) is 4.40. The predicted molar refractivity (Wildman–Crippen MR) is 76.0 cm³/mol. The second-order valence-electron chi connectivity index (χ2n) is 5.33. The number of aryl methyl sites for hydroxylation is 2. The highest BCUT2D eigenvalue weighted by Gasteiger charge is 2.18. The van der Waals surface area contributed by atoms with Crippen LogP contribution in [0.2, 0.25) is 0 Å². The largest absolute Gasteiger partial charge is 0.384 e.